The zero-order valence-electron chi connectivity index (χ0n) is 69.0. The SMILES string of the molecule is CC(C)(C)c1cc2c3c(c1)N(c1ccc(-c4cc(-c5ccccc5)cc(-c5ccccc5)c4)cc1)c1cc(-n4c5cc(C(C)(C)C)ccc5c5ccc(C(C)(C)C)cc54)ccc1B3c1ccc(-n3c4cc(C(C)(C)C)ccc4c4ccc(C(C)(C)C)cc43)cc1N2c1ccc(-c2cc(-c3ccccc3)cc(-c3ccccc3)c2)cc1. The molecule has 562 valence electrons. The topological polar surface area (TPSA) is 16.3 Å². The molecule has 0 spiro atoms. The highest BCUT2D eigenvalue weighted by Gasteiger charge is 2.45. The van der Waals surface area contributed by atoms with E-state index in [1.54, 1.807) is 0 Å². The van der Waals surface area contributed by atoms with Crippen molar-refractivity contribution in [2.24, 2.45) is 0 Å². The van der Waals surface area contributed by atoms with Gasteiger partial charge in [-0.1, -0.05) is 310 Å². The molecule has 0 aliphatic carbocycles. The summed E-state index contributed by atoms with van der Waals surface area (Å²) in [6.07, 6.45) is 0. The van der Waals surface area contributed by atoms with Gasteiger partial charge in [0, 0.05) is 67.0 Å². The number of benzene rings is 15. The molecule has 0 N–H and O–H groups in total. The fourth-order valence-electron chi connectivity index (χ4n) is 18.1. The van der Waals surface area contributed by atoms with Gasteiger partial charge in [0.1, 0.15) is 0 Å². The van der Waals surface area contributed by atoms with Crippen LogP contribution in [0.15, 0.2) is 328 Å². The van der Waals surface area contributed by atoms with E-state index in [4.69, 9.17) is 0 Å². The molecule has 0 fully saturated rings. The summed E-state index contributed by atoms with van der Waals surface area (Å²) < 4.78 is 5.17. The first-order chi connectivity index (χ1) is 55.1. The van der Waals surface area contributed by atoms with Crippen LogP contribution in [0.5, 0.6) is 0 Å². The van der Waals surface area contributed by atoms with Crippen LogP contribution in [0.25, 0.3) is 122 Å². The second-order valence-electron chi connectivity index (χ2n) is 37.5. The molecule has 0 radical (unpaired) electrons. The largest absolute Gasteiger partial charge is 0.311 e. The summed E-state index contributed by atoms with van der Waals surface area (Å²) >= 11 is 0. The van der Waals surface area contributed by atoms with E-state index >= 15 is 0 Å². The average molecular weight is 1490 g/mol. The molecule has 115 heavy (non-hydrogen) atoms. The molecule has 0 unspecified atom stereocenters. The molecule has 4 nitrogen and oxygen atoms in total. The average Bonchev–Trinajstić information content (AvgIpc) is 0.714. The molecule has 15 aromatic carbocycles. The monoisotopic (exact) mass is 1490 g/mol. The number of anilines is 6. The van der Waals surface area contributed by atoms with E-state index < -0.39 is 0 Å². The summed E-state index contributed by atoms with van der Waals surface area (Å²) in [6, 6.07) is 125. The van der Waals surface area contributed by atoms with E-state index in [2.05, 4.69) is 450 Å². The van der Waals surface area contributed by atoms with E-state index in [-0.39, 0.29) is 33.8 Å². The van der Waals surface area contributed by atoms with Crippen LogP contribution in [0.1, 0.15) is 132 Å². The Morgan fingerprint density at radius 1 is 0.191 bits per heavy atom. The molecule has 5 heteroatoms. The predicted octanol–water partition coefficient (Wildman–Crippen LogP) is 28.5. The van der Waals surface area contributed by atoms with E-state index in [0.29, 0.717) is 0 Å². The van der Waals surface area contributed by atoms with Crippen LogP contribution < -0.4 is 26.2 Å². The van der Waals surface area contributed by atoms with Crippen LogP contribution in [0.3, 0.4) is 0 Å². The lowest BCUT2D eigenvalue weighted by atomic mass is 9.33. The summed E-state index contributed by atoms with van der Waals surface area (Å²) in [5.74, 6) is 0. The lowest BCUT2D eigenvalue weighted by Gasteiger charge is -2.45. The Labute approximate surface area is 679 Å². The Balaban J connectivity index is 0.884. The van der Waals surface area contributed by atoms with Gasteiger partial charge < -0.3 is 18.9 Å². The number of hydrogen-bond donors (Lipinski definition) is 0. The minimum Gasteiger partial charge on any atom is -0.311 e. The molecule has 19 rings (SSSR count). The minimum atomic E-state index is -0.284. The van der Waals surface area contributed by atoms with Gasteiger partial charge in [-0.3, -0.25) is 0 Å². The molecule has 0 saturated carbocycles. The molecule has 0 saturated heterocycles. The van der Waals surface area contributed by atoms with Crippen LogP contribution in [0.2, 0.25) is 0 Å². The van der Waals surface area contributed by atoms with Crippen molar-refractivity contribution in [1.82, 2.24) is 9.13 Å². The van der Waals surface area contributed by atoms with Crippen molar-refractivity contribution in [3.8, 4) is 78.1 Å². The van der Waals surface area contributed by atoms with Crippen molar-refractivity contribution in [3.63, 3.8) is 0 Å². The van der Waals surface area contributed by atoms with Crippen LogP contribution >= 0.6 is 0 Å². The fraction of sp³-hybridized carbons (Fsp3) is 0.182. The minimum absolute atomic E-state index is 0.0828. The normalized spacial score (nSPS) is 13.1. The number of fused-ring (bicyclic) bond motifs is 10. The van der Waals surface area contributed by atoms with Crippen LogP contribution in [0, 0.1) is 0 Å². The Bertz CT molecular complexity index is 6030. The first kappa shape index (κ1) is 72.8. The summed E-state index contributed by atoms with van der Waals surface area (Å²) in [5.41, 5.74) is 37.6. The van der Waals surface area contributed by atoms with Gasteiger partial charge in [0.15, 0.2) is 0 Å². The van der Waals surface area contributed by atoms with E-state index in [1.807, 2.05) is 0 Å². The van der Waals surface area contributed by atoms with Crippen molar-refractivity contribution in [2.75, 3.05) is 9.80 Å². The third kappa shape index (κ3) is 12.9. The van der Waals surface area contributed by atoms with E-state index in [1.165, 1.54) is 155 Å². The lowest BCUT2D eigenvalue weighted by molar-refractivity contribution is 0.590. The summed E-state index contributed by atoms with van der Waals surface area (Å²) in [7, 11) is 0. The molecule has 0 amide bonds. The Kier molecular flexibility index (Phi) is 17.2. The first-order valence-corrected chi connectivity index (χ1v) is 41.1. The van der Waals surface area contributed by atoms with Gasteiger partial charge in [-0.05, 0) is 259 Å². The molecule has 4 heterocycles. The molecule has 0 atom stereocenters. The van der Waals surface area contributed by atoms with Gasteiger partial charge in [-0.2, -0.15) is 0 Å². The zero-order chi connectivity index (χ0) is 79.4. The smallest absolute Gasteiger partial charge is 0.252 e. The quantitative estimate of drug-likeness (QED) is 0.127. The van der Waals surface area contributed by atoms with Crippen LogP contribution in [0.4, 0.5) is 34.1 Å². The maximum atomic E-state index is 2.64. The Hall–Kier alpha value is -12.4. The van der Waals surface area contributed by atoms with Gasteiger partial charge >= 0.3 is 0 Å². The molecule has 2 aromatic heterocycles. The number of aromatic nitrogens is 2. The Morgan fingerprint density at radius 3 is 0.687 bits per heavy atom. The zero-order valence-corrected chi connectivity index (χ0v) is 69.0. The van der Waals surface area contributed by atoms with Gasteiger partial charge in [0.05, 0.1) is 22.1 Å². The highest BCUT2D eigenvalue weighted by molar-refractivity contribution is 7.00. The fourth-order valence-corrected chi connectivity index (χ4v) is 18.1. The van der Waals surface area contributed by atoms with Crippen molar-refractivity contribution in [2.45, 2.75) is 131 Å². The number of nitrogens with zero attached hydrogens (tertiary/aromatic N) is 4. The number of rotatable bonds is 10. The van der Waals surface area contributed by atoms with Gasteiger partial charge in [0.25, 0.3) is 6.71 Å². The Morgan fingerprint density at radius 2 is 0.435 bits per heavy atom. The maximum Gasteiger partial charge on any atom is 0.252 e. The molecule has 2 aliphatic rings. The molecule has 2 aliphatic heterocycles. The summed E-state index contributed by atoms with van der Waals surface area (Å²) in [6.45, 7) is 35.0. The highest BCUT2D eigenvalue weighted by Crippen LogP contribution is 2.50. The molecule has 0 bridgehead atoms. The van der Waals surface area contributed by atoms with Gasteiger partial charge in [0.2, 0.25) is 0 Å². The summed E-state index contributed by atoms with van der Waals surface area (Å²) in [5, 5.41) is 5.00. The second-order valence-corrected chi connectivity index (χ2v) is 37.5. The van der Waals surface area contributed by atoms with Crippen molar-refractivity contribution in [1.29, 1.82) is 0 Å². The van der Waals surface area contributed by atoms with Crippen LogP contribution in [-0.4, -0.2) is 15.8 Å². The predicted molar refractivity (Wildman–Crippen MR) is 495 cm³/mol. The van der Waals surface area contributed by atoms with Crippen LogP contribution in [-0.2, 0) is 27.1 Å². The summed E-state index contributed by atoms with van der Waals surface area (Å²) in [4.78, 5) is 5.28. The second kappa shape index (κ2) is 27.1. The molecular weight excluding hydrogens is 1390 g/mol. The van der Waals surface area contributed by atoms with Crippen molar-refractivity contribution >= 4 is 101 Å². The molecule has 17 aromatic rings. The maximum absolute atomic E-state index is 2.64. The van der Waals surface area contributed by atoms with Crippen molar-refractivity contribution in [3.05, 3.63) is 355 Å². The number of hydrogen-bond acceptors (Lipinski definition) is 2. The standard InChI is InChI=1S/C110H99BN4/c1-106(2,3)82-40-50-91-92-51-41-83(107(4,5)6)63-98(92)114(97(91)62-82)89-48-54-95-101(68-89)112(87-44-36-74(37-45-87)80-58-76(70-28-20-16-21-29-70)56-77(59-80)71-30-22-17-23-31-71)103-66-86(110(13,14)15)67-104-105(103)111(95)96-55-49-90(115-99-64-84(108(7,8)9)42-52-93(99)94-53-43-85(65-100(94)115)109(10,11)12)69-102(96)113(104)88-46-38-75(39-47-88)81-60-78(72-32-24-18-25-33-72)57-79(61-81)73-34-26-19-27-35-73/h16-69H,1-15H3. The van der Waals surface area contributed by atoms with Gasteiger partial charge in [-0.15, -0.1) is 0 Å². The third-order valence-corrected chi connectivity index (χ3v) is 24.6. The van der Waals surface area contributed by atoms with E-state index in [0.717, 1.165) is 45.3 Å². The van der Waals surface area contributed by atoms with Crippen molar-refractivity contribution < 1.29 is 0 Å². The van der Waals surface area contributed by atoms with E-state index in [9.17, 15) is 0 Å². The third-order valence-electron chi connectivity index (χ3n) is 24.6. The molecular formula is C110H99BN4. The first-order valence-electron chi connectivity index (χ1n) is 41.1. The lowest BCUT2D eigenvalue weighted by Crippen LogP contribution is -2.61. The highest BCUT2D eigenvalue weighted by atomic mass is 15.2. The van der Waals surface area contributed by atoms with Gasteiger partial charge in [-0.25, -0.2) is 0 Å².